The number of amides is 3. The Kier molecular flexibility index (Phi) is 5.91. The van der Waals surface area contributed by atoms with E-state index in [4.69, 9.17) is 4.74 Å². The minimum Gasteiger partial charge on any atom is -0.497 e. The van der Waals surface area contributed by atoms with Gasteiger partial charge in [0, 0.05) is 58.0 Å². The SMILES string of the molecule is CCN1CC2(CC1=O)CN(C(C)=O)CCN(C(=O)Cc1ccc(OC)cc1)C2. The van der Waals surface area contributed by atoms with Gasteiger partial charge < -0.3 is 19.4 Å². The van der Waals surface area contributed by atoms with Gasteiger partial charge in [0.1, 0.15) is 5.75 Å². The highest BCUT2D eigenvalue weighted by Gasteiger charge is 2.47. The van der Waals surface area contributed by atoms with E-state index >= 15 is 0 Å². The highest BCUT2D eigenvalue weighted by molar-refractivity contribution is 5.82. The molecule has 1 aromatic carbocycles. The lowest BCUT2D eigenvalue weighted by atomic mass is 9.85. The molecule has 7 heteroatoms. The molecule has 7 nitrogen and oxygen atoms in total. The van der Waals surface area contributed by atoms with Gasteiger partial charge in [0.25, 0.3) is 0 Å². The van der Waals surface area contributed by atoms with Crippen molar-refractivity contribution >= 4 is 17.7 Å². The molecule has 0 aromatic heterocycles. The maximum atomic E-state index is 13.0. The first-order chi connectivity index (χ1) is 13.4. The van der Waals surface area contributed by atoms with Crippen LogP contribution in [0.25, 0.3) is 0 Å². The summed E-state index contributed by atoms with van der Waals surface area (Å²) in [6.07, 6.45) is 0.683. The number of hydrogen-bond donors (Lipinski definition) is 0. The van der Waals surface area contributed by atoms with Crippen molar-refractivity contribution < 1.29 is 19.1 Å². The smallest absolute Gasteiger partial charge is 0.227 e. The summed E-state index contributed by atoms with van der Waals surface area (Å²) in [4.78, 5) is 42.9. The first-order valence-electron chi connectivity index (χ1n) is 9.80. The van der Waals surface area contributed by atoms with E-state index in [1.165, 1.54) is 0 Å². The van der Waals surface area contributed by atoms with E-state index in [9.17, 15) is 14.4 Å². The minimum absolute atomic E-state index is 0.00812. The maximum Gasteiger partial charge on any atom is 0.227 e. The Balaban J connectivity index is 1.77. The van der Waals surface area contributed by atoms with E-state index in [0.29, 0.717) is 52.1 Å². The number of ether oxygens (including phenoxy) is 1. The fraction of sp³-hybridized carbons (Fsp3) is 0.571. The van der Waals surface area contributed by atoms with Crippen LogP contribution in [0, 0.1) is 5.41 Å². The number of likely N-dealkylation sites (tertiary alicyclic amines) is 1. The maximum absolute atomic E-state index is 13.0. The Bertz CT molecular complexity index is 749. The third kappa shape index (κ3) is 4.29. The standard InChI is InChI=1S/C21H29N3O4/c1-4-22-13-21(12-20(22)27)14-23(16(2)25)9-10-24(15-21)19(26)11-17-5-7-18(28-3)8-6-17/h5-8H,4,9-15H2,1-3H3. The molecule has 1 atom stereocenters. The molecular formula is C21H29N3O4. The largest absolute Gasteiger partial charge is 0.497 e. The van der Waals surface area contributed by atoms with Crippen LogP contribution in [0.2, 0.25) is 0 Å². The molecule has 0 bridgehead atoms. The molecule has 2 aliphatic heterocycles. The highest BCUT2D eigenvalue weighted by Crippen LogP contribution is 2.35. The molecule has 3 rings (SSSR count). The lowest BCUT2D eigenvalue weighted by Crippen LogP contribution is -2.45. The first kappa shape index (κ1) is 20.2. The molecule has 2 aliphatic rings. The third-order valence-corrected chi connectivity index (χ3v) is 5.79. The molecule has 2 saturated heterocycles. The summed E-state index contributed by atoms with van der Waals surface area (Å²) in [7, 11) is 1.61. The summed E-state index contributed by atoms with van der Waals surface area (Å²) < 4.78 is 5.17. The van der Waals surface area contributed by atoms with E-state index in [2.05, 4.69) is 0 Å². The van der Waals surface area contributed by atoms with Gasteiger partial charge in [-0.15, -0.1) is 0 Å². The van der Waals surface area contributed by atoms with Crippen molar-refractivity contribution in [3.05, 3.63) is 29.8 Å². The summed E-state index contributed by atoms with van der Waals surface area (Å²) in [6.45, 7) is 6.80. The van der Waals surface area contributed by atoms with Gasteiger partial charge in [-0.3, -0.25) is 14.4 Å². The molecule has 1 spiro atoms. The predicted molar refractivity (Wildman–Crippen MR) is 105 cm³/mol. The Hall–Kier alpha value is -2.57. The number of nitrogens with zero attached hydrogens (tertiary/aromatic N) is 3. The van der Waals surface area contributed by atoms with Crippen molar-refractivity contribution in [1.29, 1.82) is 0 Å². The van der Waals surface area contributed by atoms with Crippen molar-refractivity contribution in [3.8, 4) is 5.75 Å². The van der Waals surface area contributed by atoms with Crippen LogP contribution >= 0.6 is 0 Å². The Labute approximate surface area is 166 Å². The van der Waals surface area contributed by atoms with Crippen molar-refractivity contribution in [1.82, 2.24) is 14.7 Å². The Morgan fingerprint density at radius 1 is 1.07 bits per heavy atom. The summed E-state index contributed by atoms with van der Waals surface area (Å²) in [5.74, 6) is 0.880. The van der Waals surface area contributed by atoms with Gasteiger partial charge >= 0.3 is 0 Å². The molecule has 3 amide bonds. The number of methoxy groups -OCH3 is 1. The van der Waals surface area contributed by atoms with Crippen LogP contribution in [0.3, 0.4) is 0 Å². The number of benzene rings is 1. The highest BCUT2D eigenvalue weighted by atomic mass is 16.5. The van der Waals surface area contributed by atoms with Gasteiger partial charge in [0.2, 0.25) is 17.7 Å². The molecule has 1 unspecified atom stereocenters. The molecule has 28 heavy (non-hydrogen) atoms. The van der Waals surface area contributed by atoms with Crippen LogP contribution in [0.4, 0.5) is 0 Å². The van der Waals surface area contributed by atoms with E-state index in [0.717, 1.165) is 11.3 Å². The lowest BCUT2D eigenvalue weighted by Gasteiger charge is -2.33. The average molecular weight is 387 g/mol. The van der Waals surface area contributed by atoms with Gasteiger partial charge in [-0.2, -0.15) is 0 Å². The number of carbonyl (C=O) groups excluding carboxylic acids is 3. The van der Waals surface area contributed by atoms with Crippen molar-refractivity contribution in [2.24, 2.45) is 5.41 Å². The van der Waals surface area contributed by atoms with Crippen molar-refractivity contribution in [2.75, 3.05) is 46.4 Å². The monoisotopic (exact) mass is 387 g/mol. The zero-order chi connectivity index (χ0) is 20.3. The van der Waals surface area contributed by atoms with Crippen LogP contribution in [0.5, 0.6) is 5.75 Å². The van der Waals surface area contributed by atoms with E-state index < -0.39 is 0 Å². The van der Waals surface area contributed by atoms with Crippen LogP contribution in [0.1, 0.15) is 25.8 Å². The van der Waals surface area contributed by atoms with Gasteiger partial charge in [-0.05, 0) is 24.6 Å². The fourth-order valence-corrected chi connectivity index (χ4v) is 4.25. The van der Waals surface area contributed by atoms with Crippen molar-refractivity contribution in [2.45, 2.75) is 26.7 Å². The Morgan fingerprint density at radius 2 is 1.71 bits per heavy atom. The molecule has 2 fully saturated rings. The minimum atomic E-state index is -0.384. The molecule has 0 N–H and O–H groups in total. The third-order valence-electron chi connectivity index (χ3n) is 5.79. The van der Waals surface area contributed by atoms with Gasteiger partial charge in [0.05, 0.1) is 13.5 Å². The topological polar surface area (TPSA) is 70.2 Å². The van der Waals surface area contributed by atoms with Crippen molar-refractivity contribution in [3.63, 3.8) is 0 Å². The summed E-state index contributed by atoms with van der Waals surface area (Å²) in [5, 5.41) is 0. The predicted octanol–water partition coefficient (Wildman–Crippen LogP) is 1.17. The van der Waals surface area contributed by atoms with Crippen LogP contribution < -0.4 is 4.74 Å². The number of rotatable bonds is 4. The quantitative estimate of drug-likeness (QED) is 0.778. The molecule has 0 radical (unpaired) electrons. The molecule has 0 saturated carbocycles. The molecule has 0 aliphatic carbocycles. The second kappa shape index (κ2) is 8.20. The molecular weight excluding hydrogens is 358 g/mol. The summed E-state index contributed by atoms with van der Waals surface area (Å²) >= 11 is 0. The van der Waals surface area contributed by atoms with Crippen LogP contribution in [-0.2, 0) is 20.8 Å². The molecule has 1 aromatic rings. The fourth-order valence-electron chi connectivity index (χ4n) is 4.25. The average Bonchev–Trinajstić information content (AvgIpc) is 2.86. The normalized spacial score (nSPS) is 22.5. The second-order valence-corrected chi connectivity index (χ2v) is 7.87. The first-order valence-corrected chi connectivity index (χ1v) is 9.80. The zero-order valence-corrected chi connectivity index (χ0v) is 16.9. The molecule has 2 heterocycles. The Morgan fingerprint density at radius 3 is 2.29 bits per heavy atom. The van der Waals surface area contributed by atoms with Crippen LogP contribution in [0.15, 0.2) is 24.3 Å². The van der Waals surface area contributed by atoms with E-state index in [-0.39, 0.29) is 23.1 Å². The van der Waals surface area contributed by atoms with Crippen LogP contribution in [-0.4, -0.2) is 78.8 Å². The molecule has 152 valence electrons. The summed E-state index contributed by atoms with van der Waals surface area (Å²) in [6, 6.07) is 7.48. The van der Waals surface area contributed by atoms with E-state index in [1.807, 2.05) is 41.0 Å². The summed E-state index contributed by atoms with van der Waals surface area (Å²) in [5.41, 5.74) is 0.537. The van der Waals surface area contributed by atoms with Gasteiger partial charge in [0.15, 0.2) is 0 Å². The van der Waals surface area contributed by atoms with Gasteiger partial charge in [-0.25, -0.2) is 0 Å². The zero-order valence-electron chi connectivity index (χ0n) is 16.9. The van der Waals surface area contributed by atoms with E-state index in [1.54, 1.807) is 18.9 Å². The number of hydrogen-bond acceptors (Lipinski definition) is 4. The number of carbonyl (C=O) groups is 3. The second-order valence-electron chi connectivity index (χ2n) is 7.87. The van der Waals surface area contributed by atoms with Gasteiger partial charge in [-0.1, -0.05) is 12.1 Å². The lowest BCUT2D eigenvalue weighted by molar-refractivity contribution is -0.132.